The fourth-order valence-corrected chi connectivity index (χ4v) is 2.97. The third-order valence-electron chi connectivity index (χ3n) is 4.26. The van der Waals surface area contributed by atoms with E-state index >= 15 is 0 Å². The van der Waals surface area contributed by atoms with E-state index in [1.165, 1.54) is 0 Å². The number of amides is 2. The van der Waals surface area contributed by atoms with Gasteiger partial charge in [0.2, 0.25) is 12.3 Å². The lowest BCUT2D eigenvalue weighted by atomic mass is 10.0. The lowest BCUT2D eigenvalue weighted by molar-refractivity contribution is -0.138. The average molecular weight is 282 g/mol. The van der Waals surface area contributed by atoms with Crippen molar-refractivity contribution in [1.29, 1.82) is 0 Å². The maximum atomic E-state index is 11.9. The van der Waals surface area contributed by atoms with Gasteiger partial charge < -0.3 is 14.5 Å². The standard InChI is InChI=1S/C15H26N2O3/c1-12(2)15(19)17-9-5-14(6-10-17)20-13-3-7-16(11-18)8-4-13/h11-14H,3-10H2,1-2H3. The van der Waals surface area contributed by atoms with Gasteiger partial charge in [-0.1, -0.05) is 13.8 Å². The van der Waals surface area contributed by atoms with Gasteiger partial charge >= 0.3 is 0 Å². The summed E-state index contributed by atoms with van der Waals surface area (Å²) in [6.45, 7) is 7.14. The Balaban J connectivity index is 1.70. The van der Waals surface area contributed by atoms with Crippen molar-refractivity contribution in [2.24, 2.45) is 5.92 Å². The van der Waals surface area contributed by atoms with Gasteiger partial charge in [0.25, 0.3) is 0 Å². The molecule has 2 fully saturated rings. The minimum absolute atomic E-state index is 0.0835. The zero-order chi connectivity index (χ0) is 14.5. The molecule has 0 aromatic rings. The molecule has 0 aromatic heterocycles. The smallest absolute Gasteiger partial charge is 0.225 e. The molecule has 114 valence electrons. The minimum Gasteiger partial charge on any atom is -0.375 e. The van der Waals surface area contributed by atoms with Gasteiger partial charge in [-0.15, -0.1) is 0 Å². The SMILES string of the molecule is CC(C)C(=O)N1CCC(OC2CCN(C=O)CC2)CC1. The number of rotatable bonds is 4. The summed E-state index contributed by atoms with van der Waals surface area (Å²) in [5, 5.41) is 0. The Bertz CT molecular complexity index is 330. The van der Waals surface area contributed by atoms with Crippen LogP contribution < -0.4 is 0 Å². The number of piperidine rings is 2. The van der Waals surface area contributed by atoms with Gasteiger partial charge in [0.15, 0.2) is 0 Å². The van der Waals surface area contributed by atoms with Crippen LogP contribution in [0.3, 0.4) is 0 Å². The molecule has 0 spiro atoms. The molecule has 0 atom stereocenters. The summed E-state index contributed by atoms with van der Waals surface area (Å²) in [7, 11) is 0. The molecular weight excluding hydrogens is 256 g/mol. The third-order valence-corrected chi connectivity index (χ3v) is 4.26. The quantitative estimate of drug-likeness (QED) is 0.730. The van der Waals surface area contributed by atoms with Crippen molar-refractivity contribution in [2.45, 2.75) is 51.7 Å². The zero-order valence-electron chi connectivity index (χ0n) is 12.6. The van der Waals surface area contributed by atoms with E-state index in [9.17, 15) is 9.59 Å². The number of carbonyl (C=O) groups excluding carboxylic acids is 2. The molecule has 0 aromatic carbocycles. The molecule has 0 radical (unpaired) electrons. The molecule has 2 amide bonds. The first-order valence-corrected chi connectivity index (χ1v) is 7.73. The Hall–Kier alpha value is -1.10. The average Bonchev–Trinajstić information content (AvgIpc) is 2.48. The van der Waals surface area contributed by atoms with E-state index in [1.807, 2.05) is 23.6 Å². The van der Waals surface area contributed by atoms with Gasteiger partial charge in [-0.05, 0) is 25.7 Å². The fraction of sp³-hybridized carbons (Fsp3) is 0.867. The van der Waals surface area contributed by atoms with E-state index in [4.69, 9.17) is 4.74 Å². The first-order chi connectivity index (χ1) is 9.60. The van der Waals surface area contributed by atoms with Gasteiger partial charge in [-0.3, -0.25) is 9.59 Å². The number of ether oxygens (including phenoxy) is 1. The summed E-state index contributed by atoms with van der Waals surface area (Å²) in [4.78, 5) is 26.3. The molecule has 0 unspecified atom stereocenters. The molecule has 20 heavy (non-hydrogen) atoms. The molecule has 5 heteroatoms. The van der Waals surface area contributed by atoms with Crippen LogP contribution in [0.4, 0.5) is 0 Å². The van der Waals surface area contributed by atoms with Gasteiger partial charge in [0.05, 0.1) is 12.2 Å². The normalized spacial score (nSPS) is 22.4. The Morgan fingerprint density at radius 2 is 1.55 bits per heavy atom. The van der Waals surface area contributed by atoms with Crippen LogP contribution in [0.2, 0.25) is 0 Å². The summed E-state index contributed by atoms with van der Waals surface area (Å²) in [6, 6.07) is 0. The summed E-state index contributed by atoms with van der Waals surface area (Å²) in [5.74, 6) is 0.336. The second-order valence-electron chi connectivity index (χ2n) is 6.16. The molecule has 0 saturated carbocycles. The van der Waals surface area contributed by atoms with Gasteiger partial charge in [-0.25, -0.2) is 0 Å². The largest absolute Gasteiger partial charge is 0.375 e. The zero-order valence-corrected chi connectivity index (χ0v) is 12.6. The molecule has 0 N–H and O–H groups in total. The Labute approximate surface area is 121 Å². The van der Waals surface area contributed by atoms with Crippen LogP contribution in [0.15, 0.2) is 0 Å². The molecule has 2 aliphatic heterocycles. The molecule has 2 rings (SSSR count). The Morgan fingerprint density at radius 1 is 1.05 bits per heavy atom. The molecule has 2 heterocycles. The van der Waals surface area contributed by atoms with E-state index in [2.05, 4.69) is 0 Å². The van der Waals surface area contributed by atoms with Crippen molar-refractivity contribution < 1.29 is 14.3 Å². The highest BCUT2D eigenvalue weighted by molar-refractivity contribution is 5.78. The van der Waals surface area contributed by atoms with Gasteiger partial charge in [0.1, 0.15) is 0 Å². The summed E-state index contributed by atoms with van der Waals surface area (Å²) in [6.07, 6.45) is 5.22. The summed E-state index contributed by atoms with van der Waals surface area (Å²) >= 11 is 0. The van der Waals surface area contributed by atoms with Crippen molar-refractivity contribution in [3.63, 3.8) is 0 Å². The van der Waals surface area contributed by atoms with E-state index in [0.717, 1.165) is 58.3 Å². The highest BCUT2D eigenvalue weighted by Gasteiger charge is 2.27. The van der Waals surface area contributed by atoms with E-state index < -0.39 is 0 Å². The topological polar surface area (TPSA) is 49.9 Å². The second-order valence-corrected chi connectivity index (χ2v) is 6.16. The molecule has 5 nitrogen and oxygen atoms in total. The first-order valence-electron chi connectivity index (χ1n) is 7.73. The first kappa shape index (κ1) is 15.3. The molecule has 0 bridgehead atoms. The Kier molecular flexibility index (Phi) is 5.40. The molecular formula is C15H26N2O3. The predicted octanol–water partition coefficient (Wildman–Crippen LogP) is 1.27. The number of hydrogen-bond acceptors (Lipinski definition) is 3. The fourth-order valence-electron chi connectivity index (χ4n) is 2.97. The monoisotopic (exact) mass is 282 g/mol. The van der Waals surface area contributed by atoms with Crippen LogP contribution in [0, 0.1) is 5.92 Å². The summed E-state index contributed by atoms with van der Waals surface area (Å²) in [5.41, 5.74) is 0. The van der Waals surface area contributed by atoms with E-state index in [1.54, 1.807) is 0 Å². The van der Waals surface area contributed by atoms with Crippen molar-refractivity contribution in [3.8, 4) is 0 Å². The highest BCUT2D eigenvalue weighted by Crippen LogP contribution is 2.21. The van der Waals surface area contributed by atoms with E-state index in [-0.39, 0.29) is 24.0 Å². The van der Waals surface area contributed by atoms with Crippen molar-refractivity contribution in [1.82, 2.24) is 9.80 Å². The summed E-state index contributed by atoms with van der Waals surface area (Å²) < 4.78 is 6.13. The van der Waals surface area contributed by atoms with Crippen molar-refractivity contribution >= 4 is 12.3 Å². The third kappa shape index (κ3) is 3.95. The second kappa shape index (κ2) is 7.07. The maximum absolute atomic E-state index is 11.9. The predicted molar refractivity (Wildman–Crippen MR) is 76.2 cm³/mol. The lowest BCUT2D eigenvalue weighted by Gasteiger charge is -2.36. The Morgan fingerprint density at radius 3 is 2.00 bits per heavy atom. The minimum atomic E-state index is 0.0835. The van der Waals surface area contributed by atoms with E-state index in [0.29, 0.717) is 0 Å². The number of likely N-dealkylation sites (tertiary alicyclic amines) is 2. The van der Waals surface area contributed by atoms with Gasteiger partial charge in [0, 0.05) is 32.1 Å². The van der Waals surface area contributed by atoms with Crippen LogP contribution in [0.5, 0.6) is 0 Å². The van der Waals surface area contributed by atoms with Crippen LogP contribution >= 0.6 is 0 Å². The maximum Gasteiger partial charge on any atom is 0.225 e. The van der Waals surface area contributed by atoms with Crippen LogP contribution in [-0.2, 0) is 14.3 Å². The van der Waals surface area contributed by atoms with Crippen LogP contribution in [0.1, 0.15) is 39.5 Å². The number of carbonyl (C=O) groups is 2. The van der Waals surface area contributed by atoms with Gasteiger partial charge in [-0.2, -0.15) is 0 Å². The molecule has 0 aliphatic carbocycles. The highest BCUT2D eigenvalue weighted by atomic mass is 16.5. The van der Waals surface area contributed by atoms with Crippen molar-refractivity contribution in [2.75, 3.05) is 26.2 Å². The molecule has 2 saturated heterocycles. The lowest BCUT2D eigenvalue weighted by Crippen LogP contribution is -2.44. The van der Waals surface area contributed by atoms with Crippen molar-refractivity contribution in [3.05, 3.63) is 0 Å². The number of nitrogens with zero attached hydrogens (tertiary/aromatic N) is 2. The van der Waals surface area contributed by atoms with Crippen LogP contribution in [0.25, 0.3) is 0 Å². The van der Waals surface area contributed by atoms with Crippen LogP contribution in [-0.4, -0.2) is 60.5 Å². The number of hydrogen-bond donors (Lipinski definition) is 0. The molecule has 2 aliphatic rings.